The lowest BCUT2D eigenvalue weighted by atomic mass is 10.4. The number of hydrogen-bond acceptors (Lipinski definition) is 3. The molecular formula is C6H6ClNO4S2. The molecule has 78 valence electrons. The molecule has 0 aromatic heterocycles. The summed E-state index contributed by atoms with van der Waals surface area (Å²) in [5.41, 5.74) is 0. The average Bonchev–Trinajstić information content (AvgIpc) is 2.02. The van der Waals surface area contributed by atoms with Gasteiger partial charge in [0.2, 0.25) is 10.0 Å². The van der Waals surface area contributed by atoms with Crippen molar-refractivity contribution in [2.75, 3.05) is 0 Å². The van der Waals surface area contributed by atoms with Crippen LogP contribution in [0.2, 0.25) is 5.02 Å². The molecule has 0 radical (unpaired) electrons. The zero-order valence-corrected chi connectivity index (χ0v) is 9.06. The summed E-state index contributed by atoms with van der Waals surface area (Å²) >= 11 is 3.22. The van der Waals surface area contributed by atoms with Gasteiger partial charge < -0.3 is 4.55 Å². The van der Waals surface area contributed by atoms with Crippen LogP contribution in [0.5, 0.6) is 0 Å². The van der Waals surface area contributed by atoms with E-state index in [1.54, 1.807) is 0 Å². The van der Waals surface area contributed by atoms with Crippen molar-refractivity contribution in [3.63, 3.8) is 0 Å². The normalized spacial score (nSPS) is 13.9. The summed E-state index contributed by atoms with van der Waals surface area (Å²) in [7, 11) is -3.88. The molecule has 0 aliphatic heterocycles. The highest BCUT2D eigenvalue weighted by Crippen LogP contribution is 2.21. The Morgan fingerprint density at radius 2 is 2.00 bits per heavy atom. The largest absolute Gasteiger partial charge is 0.302 e. The standard InChI is InChI=1S/C6H6ClNO4S2/c7-5-2-1-4(14(8,11)12)3-6(5)13(9)10/h1-3H,(H,9,10)(H2,8,11,12). The first-order valence-electron chi connectivity index (χ1n) is 3.25. The molecule has 0 aliphatic carbocycles. The van der Waals surface area contributed by atoms with Gasteiger partial charge in [0.05, 0.1) is 14.8 Å². The summed E-state index contributed by atoms with van der Waals surface area (Å²) in [5, 5.41) is 4.84. The molecule has 0 fully saturated rings. The van der Waals surface area contributed by atoms with E-state index in [0.717, 1.165) is 12.1 Å². The number of primary sulfonamides is 1. The van der Waals surface area contributed by atoms with Crippen molar-refractivity contribution in [3.05, 3.63) is 23.2 Å². The smallest absolute Gasteiger partial charge is 0.238 e. The third kappa shape index (κ3) is 2.52. The van der Waals surface area contributed by atoms with E-state index in [2.05, 4.69) is 0 Å². The van der Waals surface area contributed by atoms with E-state index in [4.69, 9.17) is 21.3 Å². The van der Waals surface area contributed by atoms with Gasteiger partial charge in [-0.15, -0.1) is 0 Å². The Labute approximate surface area is 88.2 Å². The Morgan fingerprint density at radius 1 is 1.43 bits per heavy atom. The molecule has 5 nitrogen and oxygen atoms in total. The number of nitrogens with two attached hydrogens (primary N) is 1. The zero-order chi connectivity index (χ0) is 10.9. The fourth-order valence-electron chi connectivity index (χ4n) is 0.794. The topological polar surface area (TPSA) is 97.5 Å². The van der Waals surface area contributed by atoms with Crippen molar-refractivity contribution in [1.29, 1.82) is 0 Å². The zero-order valence-electron chi connectivity index (χ0n) is 6.68. The minimum absolute atomic E-state index is 0.0123. The molecule has 0 amide bonds. The van der Waals surface area contributed by atoms with Crippen molar-refractivity contribution in [2.45, 2.75) is 9.79 Å². The van der Waals surface area contributed by atoms with Gasteiger partial charge in [0.1, 0.15) is 0 Å². The maximum atomic E-state index is 10.9. The molecule has 0 aliphatic rings. The van der Waals surface area contributed by atoms with E-state index in [-0.39, 0.29) is 14.8 Å². The minimum Gasteiger partial charge on any atom is -0.302 e. The van der Waals surface area contributed by atoms with Gasteiger partial charge >= 0.3 is 0 Å². The molecule has 3 N–H and O–H groups in total. The van der Waals surface area contributed by atoms with Gasteiger partial charge in [0.25, 0.3) is 0 Å². The Balaban J connectivity index is 3.42. The van der Waals surface area contributed by atoms with Crippen LogP contribution >= 0.6 is 11.6 Å². The van der Waals surface area contributed by atoms with Crippen LogP contribution in [0.1, 0.15) is 0 Å². The predicted octanol–water partition coefficient (Wildman–Crippen LogP) is 0.568. The molecular weight excluding hydrogens is 250 g/mol. The molecule has 1 aromatic rings. The number of hydrogen-bond donors (Lipinski definition) is 2. The van der Waals surface area contributed by atoms with E-state index in [0.29, 0.717) is 0 Å². The molecule has 8 heteroatoms. The van der Waals surface area contributed by atoms with Crippen molar-refractivity contribution >= 4 is 32.7 Å². The van der Waals surface area contributed by atoms with Gasteiger partial charge in [-0.2, -0.15) is 0 Å². The minimum atomic E-state index is -3.88. The maximum absolute atomic E-state index is 10.9. The van der Waals surface area contributed by atoms with E-state index < -0.39 is 21.1 Å². The summed E-state index contributed by atoms with van der Waals surface area (Å²) in [6, 6.07) is 3.33. The Hall–Kier alpha value is -0.470. The van der Waals surface area contributed by atoms with E-state index in [1.807, 2.05) is 0 Å². The maximum Gasteiger partial charge on any atom is 0.238 e. The summed E-state index contributed by atoms with van der Waals surface area (Å²) in [6.07, 6.45) is 0. The molecule has 14 heavy (non-hydrogen) atoms. The van der Waals surface area contributed by atoms with Crippen LogP contribution in [0.25, 0.3) is 0 Å². The molecule has 1 atom stereocenters. The second-order valence-corrected chi connectivity index (χ2v) is 5.29. The van der Waals surface area contributed by atoms with E-state index in [1.165, 1.54) is 6.07 Å². The Bertz CT molecular complexity index is 485. The third-order valence-corrected chi connectivity index (χ3v) is 3.49. The van der Waals surface area contributed by atoms with Gasteiger partial charge in [0.15, 0.2) is 11.1 Å². The summed E-state index contributed by atoms with van der Waals surface area (Å²) in [4.78, 5) is -0.433. The van der Waals surface area contributed by atoms with Crippen molar-refractivity contribution in [2.24, 2.45) is 5.14 Å². The second-order valence-electron chi connectivity index (χ2n) is 2.39. The van der Waals surface area contributed by atoms with Crippen LogP contribution in [0.4, 0.5) is 0 Å². The molecule has 0 saturated heterocycles. The van der Waals surface area contributed by atoms with Crippen LogP contribution in [0.15, 0.2) is 28.0 Å². The molecule has 1 aromatic carbocycles. The molecule has 1 rings (SSSR count). The number of rotatable bonds is 2. The number of sulfonamides is 1. The highest BCUT2D eigenvalue weighted by Gasteiger charge is 2.13. The van der Waals surface area contributed by atoms with Crippen molar-refractivity contribution < 1.29 is 17.2 Å². The lowest BCUT2D eigenvalue weighted by Crippen LogP contribution is -2.12. The second kappa shape index (κ2) is 3.95. The summed E-state index contributed by atoms with van der Waals surface area (Å²) < 4.78 is 41.2. The molecule has 0 spiro atoms. The fraction of sp³-hybridized carbons (Fsp3) is 0. The Kier molecular flexibility index (Phi) is 3.28. The quantitative estimate of drug-likeness (QED) is 0.755. The highest BCUT2D eigenvalue weighted by molar-refractivity contribution is 7.89. The van der Waals surface area contributed by atoms with Gasteiger partial charge in [-0.25, -0.2) is 17.8 Å². The number of halogens is 1. The van der Waals surface area contributed by atoms with Crippen LogP contribution < -0.4 is 5.14 Å². The van der Waals surface area contributed by atoms with Gasteiger partial charge in [0, 0.05) is 0 Å². The van der Waals surface area contributed by atoms with E-state index in [9.17, 15) is 12.6 Å². The van der Waals surface area contributed by atoms with Crippen LogP contribution in [-0.4, -0.2) is 17.2 Å². The van der Waals surface area contributed by atoms with Crippen LogP contribution in [-0.2, 0) is 21.1 Å². The molecule has 0 saturated carbocycles. The summed E-state index contributed by atoms with van der Waals surface area (Å²) in [5.74, 6) is 0. The van der Waals surface area contributed by atoms with E-state index >= 15 is 0 Å². The third-order valence-electron chi connectivity index (χ3n) is 1.42. The first-order chi connectivity index (χ1) is 6.32. The van der Waals surface area contributed by atoms with Gasteiger partial charge in [-0.1, -0.05) is 11.6 Å². The lowest BCUT2D eigenvalue weighted by Gasteiger charge is -2.02. The monoisotopic (exact) mass is 255 g/mol. The fourth-order valence-corrected chi connectivity index (χ4v) is 2.19. The van der Waals surface area contributed by atoms with Crippen LogP contribution in [0, 0.1) is 0 Å². The van der Waals surface area contributed by atoms with Gasteiger partial charge in [-0.05, 0) is 18.2 Å². The summed E-state index contributed by atoms with van der Waals surface area (Å²) in [6.45, 7) is 0. The number of benzene rings is 1. The highest BCUT2D eigenvalue weighted by atomic mass is 35.5. The Morgan fingerprint density at radius 3 is 2.43 bits per heavy atom. The lowest BCUT2D eigenvalue weighted by molar-refractivity contribution is 0.564. The SMILES string of the molecule is NS(=O)(=O)c1ccc(Cl)c(S(=O)O)c1. The molecule has 0 bridgehead atoms. The average molecular weight is 256 g/mol. The molecule has 1 unspecified atom stereocenters. The van der Waals surface area contributed by atoms with Crippen molar-refractivity contribution in [3.8, 4) is 0 Å². The predicted molar refractivity (Wildman–Crippen MR) is 51.9 cm³/mol. The van der Waals surface area contributed by atoms with Crippen molar-refractivity contribution in [1.82, 2.24) is 0 Å². The first kappa shape index (κ1) is 11.6. The van der Waals surface area contributed by atoms with Crippen LogP contribution in [0.3, 0.4) is 0 Å². The first-order valence-corrected chi connectivity index (χ1v) is 6.28. The van der Waals surface area contributed by atoms with Gasteiger partial charge in [-0.3, -0.25) is 0 Å². The molecule has 0 heterocycles.